The van der Waals surface area contributed by atoms with E-state index in [0.717, 1.165) is 11.0 Å². The molecule has 2 rings (SSSR count). The van der Waals surface area contributed by atoms with Gasteiger partial charge in [-0.15, -0.1) is 10.2 Å². The Labute approximate surface area is 123 Å². The molecule has 0 unspecified atom stereocenters. The molecular weight excluding hydrogens is 296 g/mol. The summed E-state index contributed by atoms with van der Waals surface area (Å²) < 4.78 is 24.8. The van der Waals surface area contributed by atoms with Crippen molar-refractivity contribution >= 4 is 21.6 Å². The molecule has 8 heteroatoms. The second kappa shape index (κ2) is 6.14. The monoisotopic (exact) mass is 314 g/mol. The molecule has 0 aliphatic carbocycles. The van der Waals surface area contributed by atoms with E-state index in [-0.39, 0.29) is 23.3 Å². The average Bonchev–Trinajstić information content (AvgIpc) is 2.91. The van der Waals surface area contributed by atoms with Crippen LogP contribution in [-0.4, -0.2) is 40.4 Å². The third-order valence-corrected chi connectivity index (χ3v) is 6.52. The van der Waals surface area contributed by atoms with E-state index in [1.165, 1.54) is 11.8 Å². The van der Waals surface area contributed by atoms with Crippen LogP contribution in [0.3, 0.4) is 0 Å². The first-order chi connectivity index (χ1) is 9.41. The molecule has 0 bridgehead atoms. The second-order valence-electron chi connectivity index (χ2n) is 5.27. The van der Waals surface area contributed by atoms with Gasteiger partial charge in [-0.25, -0.2) is 8.42 Å². The van der Waals surface area contributed by atoms with E-state index in [4.69, 9.17) is 5.26 Å². The van der Waals surface area contributed by atoms with Crippen molar-refractivity contribution in [3.05, 3.63) is 5.82 Å². The fourth-order valence-electron chi connectivity index (χ4n) is 2.18. The van der Waals surface area contributed by atoms with E-state index in [2.05, 4.69) is 16.3 Å². The highest BCUT2D eigenvalue weighted by atomic mass is 32.2. The predicted molar refractivity (Wildman–Crippen MR) is 77.0 cm³/mol. The zero-order valence-electron chi connectivity index (χ0n) is 11.6. The first-order valence-electron chi connectivity index (χ1n) is 6.52. The third-order valence-electron chi connectivity index (χ3n) is 3.41. The lowest BCUT2D eigenvalue weighted by Crippen LogP contribution is -2.11. The zero-order chi connectivity index (χ0) is 14.8. The molecule has 110 valence electrons. The Morgan fingerprint density at radius 1 is 1.55 bits per heavy atom. The summed E-state index contributed by atoms with van der Waals surface area (Å²) in [6, 6.07) is 2.18. The number of nitriles is 1. The molecule has 6 nitrogen and oxygen atoms in total. The summed E-state index contributed by atoms with van der Waals surface area (Å²) in [4.78, 5) is 0. The maximum absolute atomic E-state index is 11.5. The minimum absolute atomic E-state index is 0.0277. The molecule has 1 aliphatic rings. The number of hydrogen-bond donors (Lipinski definition) is 0. The molecule has 0 spiro atoms. The van der Waals surface area contributed by atoms with Gasteiger partial charge in [0.1, 0.15) is 5.82 Å². The molecule has 2 atom stereocenters. The van der Waals surface area contributed by atoms with Gasteiger partial charge in [0.2, 0.25) is 0 Å². The Morgan fingerprint density at radius 3 is 2.90 bits per heavy atom. The lowest BCUT2D eigenvalue weighted by Gasteiger charge is -2.07. The Hall–Kier alpha value is -1.07. The van der Waals surface area contributed by atoms with Crippen molar-refractivity contribution < 1.29 is 8.42 Å². The standard InChI is InChI=1S/C12H18N4O2S2/c1-9(6-13)7-19-12-15-14-11(16(12)2)5-10-3-4-20(17,18)8-10/h9-10H,3-5,7-8H2,1-2H3/t9-,10+/m0/s1. The Bertz CT molecular complexity index is 618. The molecular formula is C12H18N4O2S2. The molecule has 1 aliphatic heterocycles. The first-order valence-corrected chi connectivity index (χ1v) is 9.33. The van der Waals surface area contributed by atoms with Crippen molar-refractivity contribution in [2.24, 2.45) is 18.9 Å². The summed E-state index contributed by atoms with van der Waals surface area (Å²) in [5.74, 6) is 2.17. The number of nitrogens with zero attached hydrogens (tertiary/aromatic N) is 4. The van der Waals surface area contributed by atoms with Crippen LogP contribution in [0.4, 0.5) is 0 Å². The zero-order valence-corrected chi connectivity index (χ0v) is 13.2. The van der Waals surface area contributed by atoms with Gasteiger partial charge >= 0.3 is 0 Å². The number of thioether (sulfide) groups is 1. The molecule has 1 aromatic rings. The molecule has 2 heterocycles. The van der Waals surface area contributed by atoms with Crippen LogP contribution < -0.4 is 0 Å². The Kier molecular flexibility index (Phi) is 4.70. The van der Waals surface area contributed by atoms with Crippen molar-refractivity contribution in [3.8, 4) is 6.07 Å². The van der Waals surface area contributed by atoms with E-state index < -0.39 is 9.84 Å². The van der Waals surface area contributed by atoms with Crippen molar-refractivity contribution in [1.29, 1.82) is 5.26 Å². The van der Waals surface area contributed by atoms with Crippen LogP contribution in [0.1, 0.15) is 19.2 Å². The topological polar surface area (TPSA) is 88.6 Å². The predicted octanol–water partition coefficient (Wildman–Crippen LogP) is 1.04. The molecule has 1 fully saturated rings. The van der Waals surface area contributed by atoms with Gasteiger partial charge in [-0.05, 0) is 19.3 Å². The average molecular weight is 314 g/mol. The van der Waals surface area contributed by atoms with Gasteiger partial charge in [0.15, 0.2) is 15.0 Å². The normalized spacial score (nSPS) is 22.6. The molecule has 0 radical (unpaired) electrons. The van der Waals surface area contributed by atoms with E-state index in [1.807, 2.05) is 18.5 Å². The van der Waals surface area contributed by atoms with Gasteiger partial charge < -0.3 is 4.57 Å². The van der Waals surface area contributed by atoms with Crippen LogP contribution in [0.2, 0.25) is 0 Å². The lowest BCUT2D eigenvalue weighted by molar-refractivity contribution is 0.552. The van der Waals surface area contributed by atoms with Gasteiger partial charge in [-0.3, -0.25) is 0 Å². The van der Waals surface area contributed by atoms with Crippen molar-refractivity contribution in [2.75, 3.05) is 17.3 Å². The van der Waals surface area contributed by atoms with Crippen molar-refractivity contribution in [1.82, 2.24) is 14.8 Å². The number of rotatable bonds is 5. The van der Waals surface area contributed by atoms with Crippen molar-refractivity contribution in [3.63, 3.8) is 0 Å². The van der Waals surface area contributed by atoms with Crippen LogP contribution in [-0.2, 0) is 23.3 Å². The largest absolute Gasteiger partial charge is 0.309 e. The Morgan fingerprint density at radius 2 is 2.30 bits per heavy atom. The molecule has 0 amide bonds. The van der Waals surface area contributed by atoms with Gasteiger partial charge in [0.05, 0.1) is 23.5 Å². The minimum atomic E-state index is -2.85. The molecule has 0 saturated carbocycles. The second-order valence-corrected chi connectivity index (χ2v) is 8.49. The third kappa shape index (κ3) is 3.73. The van der Waals surface area contributed by atoms with Gasteiger partial charge in [-0.1, -0.05) is 11.8 Å². The highest BCUT2D eigenvalue weighted by Gasteiger charge is 2.29. The van der Waals surface area contributed by atoms with Gasteiger partial charge in [0, 0.05) is 19.2 Å². The minimum Gasteiger partial charge on any atom is -0.309 e. The summed E-state index contributed by atoms with van der Waals surface area (Å²) in [6.07, 6.45) is 1.36. The lowest BCUT2D eigenvalue weighted by atomic mass is 10.1. The quantitative estimate of drug-likeness (QED) is 0.755. The summed E-state index contributed by atoms with van der Waals surface area (Å²) in [5, 5.41) is 17.8. The molecule has 1 saturated heterocycles. The van der Waals surface area contributed by atoms with Crippen LogP contribution in [0.25, 0.3) is 0 Å². The molecule has 1 aromatic heterocycles. The first kappa shape index (κ1) is 15.3. The van der Waals surface area contributed by atoms with Crippen LogP contribution in [0.15, 0.2) is 5.16 Å². The SMILES string of the molecule is C[C@@H](C#N)CSc1nnc(C[C@H]2CCS(=O)(=O)C2)n1C. The van der Waals surface area contributed by atoms with E-state index >= 15 is 0 Å². The van der Waals surface area contributed by atoms with Gasteiger partial charge in [-0.2, -0.15) is 5.26 Å². The molecule has 0 aromatic carbocycles. The Balaban J connectivity index is 1.97. The van der Waals surface area contributed by atoms with E-state index in [0.29, 0.717) is 18.6 Å². The van der Waals surface area contributed by atoms with E-state index in [9.17, 15) is 8.42 Å². The number of hydrogen-bond acceptors (Lipinski definition) is 6. The van der Waals surface area contributed by atoms with Crippen LogP contribution >= 0.6 is 11.8 Å². The summed E-state index contributed by atoms with van der Waals surface area (Å²) in [7, 11) is -0.958. The van der Waals surface area contributed by atoms with E-state index in [1.54, 1.807) is 0 Å². The number of aromatic nitrogens is 3. The van der Waals surface area contributed by atoms with Gasteiger partial charge in [0.25, 0.3) is 0 Å². The fourth-order valence-corrected chi connectivity index (χ4v) is 4.91. The molecule has 20 heavy (non-hydrogen) atoms. The molecule has 0 N–H and O–H groups in total. The smallest absolute Gasteiger partial charge is 0.190 e. The van der Waals surface area contributed by atoms with Crippen molar-refractivity contribution in [2.45, 2.75) is 24.9 Å². The maximum Gasteiger partial charge on any atom is 0.190 e. The highest BCUT2D eigenvalue weighted by molar-refractivity contribution is 7.99. The van der Waals surface area contributed by atoms with Crippen LogP contribution in [0.5, 0.6) is 0 Å². The summed E-state index contributed by atoms with van der Waals surface area (Å²) in [6.45, 7) is 1.87. The number of sulfone groups is 1. The van der Waals surface area contributed by atoms with Crippen LogP contribution in [0, 0.1) is 23.2 Å². The summed E-state index contributed by atoms with van der Waals surface area (Å²) in [5.41, 5.74) is 0. The fraction of sp³-hybridized carbons (Fsp3) is 0.750. The summed E-state index contributed by atoms with van der Waals surface area (Å²) >= 11 is 1.51. The highest BCUT2D eigenvalue weighted by Crippen LogP contribution is 2.24. The maximum atomic E-state index is 11.5.